The Balaban J connectivity index is 0.00000192. The molecule has 8 heteroatoms. The molecule has 3 rings (SSSR count). The van der Waals surface area contributed by atoms with Gasteiger partial charge in [-0.05, 0) is 18.2 Å². The Morgan fingerprint density at radius 3 is 2.22 bits per heavy atom. The fourth-order valence-electron chi connectivity index (χ4n) is 2.14. The van der Waals surface area contributed by atoms with Crippen molar-refractivity contribution in [2.45, 2.75) is 0 Å². The zero-order valence-electron chi connectivity index (χ0n) is 13.6. The monoisotopic (exact) mass is 328 g/mol. The van der Waals surface area contributed by atoms with Crippen molar-refractivity contribution in [3.05, 3.63) is 40.6 Å². The molecule has 0 amide bonds. The van der Waals surface area contributed by atoms with E-state index in [0.29, 0.717) is 0 Å². The molecule has 0 saturated carbocycles. The number of phenolic OH excluding ortho intramolecular Hbond substituents is 4. The Labute approximate surface area is 147 Å². The average molecular weight is 329 g/mol. The van der Waals surface area contributed by atoms with E-state index >= 15 is 0 Å². The van der Waals surface area contributed by atoms with Gasteiger partial charge < -0.3 is 32.8 Å². The quantitative estimate of drug-likeness (QED) is 0.340. The van der Waals surface area contributed by atoms with Gasteiger partial charge >= 0.3 is 23.1 Å². The van der Waals surface area contributed by atoms with Gasteiger partial charge in [-0.2, -0.15) is 0 Å². The fourth-order valence-corrected chi connectivity index (χ4v) is 2.14. The van der Waals surface area contributed by atoms with Gasteiger partial charge in [0.2, 0.25) is 11.2 Å². The molecule has 1 aromatic heterocycles. The largest absolute Gasteiger partial charge is 2.00 e. The van der Waals surface area contributed by atoms with Crippen molar-refractivity contribution < 1.29 is 32.8 Å². The molecule has 0 bridgehead atoms. The Bertz CT molecular complexity index is 972. The summed E-state index contributed by atoms with van der Waals surface area (Å²) in [6, 6.07) is 5.64. The van der Waals surface area contributed by atoms with Crippen LogP contribution in [0.1, 0.15) is 2.85 Å². The van der Waals surface area contributed by atoms with Crippen molar-refractivity contribution in [2.24, 2.45) is 0 Å². The van der Waals surface area contributed by atoms with E-state index in [-0.39, 0.29) is 59.7 Å². The van der Waals surface area contributed by atoms with Crippen molar-refractivity contribution >= 4 is 34.0 Å². The summed E-state index contributed by atoms with van der Waals surface area (Å²) in [5.41, 5.74) is -0.890. The average Bonchev–Trinajstić information content (AvgIpc) is 2.45. The standard InChI is InChI=1S/C15H10O7.Mg.2H/c16-7-4-10(19)12-11(5-7)22-15(14(21)13(12)20)6-1-2-8(17)9(18)3-6;;;/h1-5,16-19,21H;;;/q;+2;2*-1. The van der Waals surface area contributed by atoms with E-state index in [1.54, 1.807) is 0 Å². The van der Waals surface area contributed by atoms with Gasteiger partial charge in [0.05, 0.1) is 0 Å². The number of rotatable bonds is 1. The number of hydrogen-bond donors (Lipinski definition) is 5. The maximum absolute atomic E-state index is 12.1. The molecule has 0 aliphatic heterocycles. The van der Waals surface area contributed by atoms with Crippen molar-refractivity contribution in [3.63, 3.8) is 0 Å². The van der Waals surface area contributed by atoms with E-state index in [0.717, 1.165) is 24.3 Å². The van der Waals surface area contributed by atoms with E-state index in [9.17, 15) is 30.3 Å². The summed E-state index contributed by atoms with van der Waals surface area (Å²) in [6.07, 6.45) is 0. The maximum Gasteiger partial charge on any atom is 2.00 e. The van der Waals surface area contributed by atoms with Gasteiger partial charge in [0, 0.05) is 17.7 Å². The second kappa shape index (κ2) is 5.90. The van der Waals surface area contributed by atoms with Gasteiger partial charge in [-0.15, -0.1) is 0 Å². The van der Waals surface area contributed by atoms with E-state index in [1.165, 1.54) is 6.07 Å². The van der Waals surface area contributed by atoms with Crippen LogP contribution in [0.5, 0.6) is 28.7 Å². The van der Waals surface area contributed by atoms with Crippen LogP contribution in [0.3, 0.4) is 0 Å². The Hall–Kier alpha value is -2.58. The SMILES string of the molecule is O=c1c(O)c(-c2ccc(O)c(O)c2)oc2cc(O)cc(O)c12.[H-].[H-].[Mg+2]. The maximum atomic E-state index is 12.1. The van der Waals surface area contributed by atoms with Crippen LogP contribution in [0, 0.1) is 0 Å². The summed E-state index contributed by atoms with van der Waals surface area (Å²) in [6.45, 7) is 0. The molecule has 0 spiro atoms. The van der Waals surface area contributed by atoms with E-state index in [1.807, 2.05) is 0 Å². The van der Waals surface area contributed by atoms with Gasteiger partial charge in [0.15, 0.2) is 17.3 Å². The molecule has 116 valence electrons. The molecular weight excluding hydrogens is 316 g/mol. The summed E-state index contributed by atoms with van der Waals surface area (Å²) in [4.78, 5) is 12.1. The molecule has 7 nitrogen and oxygen atoms in total. The molecule has 0 unspecified atom stereocenters. The minimum atomic E-state index is -0.888. The third kappa shape index (κ3) is 2.73. The summed E-state index contributed by atoms with van der Waals surface area (Å²) >= 11 is 0. The van der Waals surface area contributed by atoms with Crippen molar-refractivity contribution in [2.75, 3.05) is 0 Å². The summed E-state index contributed by atoms with van der Waals surface area (Å²) in [5.74, 6) is -2.71. The molecule has 0 aliphatic rings. The van der Waals surface area contributed by atoms with Crippen LogP contribution in [0.25, 0.3) is 22.3 Å². The molecule has 1 heterocycles. The van der Waals surface area contributed by atoms with Crippen LogP contribution in [0.15, 0.2) is 39.5 Å². The number of phenols is 4. The van der Waals surface area contributed by atoms with Crippen LogP contribution >= 0.6 is 0 Å². The Morgan fingerprint density at radius 1 is 0.870 bits per heavy atom. The third-order valence-electron chi connectivity index (χ3n) is 3.17. The van der Waals surface area contributed by atoms with E-state index < -0.39 is 22.7 Å². The third-order valence-corrected chi connectivity index (χ3v) is 3.17. The number of aromatic hydroxyl groups is 5. The van der Waals surface area contributed by atoms with Crippen molar-refractivity contribution in [3.8, 4) is 40.1 Å². The fraction of sp³-hybridized carbons (Fsp3) is 0. The first-order valence-electron chi connectivity index (χ1n) is 6.12. The van der Waals surface area contributed by atoms with Gasteiger partial charge in [-0.3, -0.25) is 4.79 Å². The summed E-state index contributed by atoms with van der Waals surface area (Å²) < 4.78 is 5.35. The molecular formula is C15H12MgO7. The molecule has 2 aromatic carbocycles. The molecule has 0 atom stereocenters. The van der Waals surface area contributed by atoms with E-state index in [4.69, 9.17) is 4.42 Å². The van der Waals surface area contributed by atoms with Crippen LogP contribution in [0.4, 0.5) is 0 Å². The molecule has 3 aromatic rings. The minimum Gasteiger partial charge on any atom is -1.00 e. The predicted octanol–water partition coefficient (Wildman–Crippen LogP) is 1.83. The second-order valence-corrected chi connectivity index (χ2v) is 4.65. The van der Waals surface area contributed by atoms with Crippen LogP contribution < -0.4 is 5.43 Å². The van der Waals surface area contributed by atoms with Crippen LogP contribution in [-0.2, 0) is 0 Å². The van der Waals surface area contributed by atoms with Gasteiger partial charge in [0.25, 0.3) is 0 Å². The number of hydrogen-bond acceptors (Lipinski definition) is 7. The predicted molar refractivity (Wildman–Crippen MR) is 84.2 cm³/mol. The van der Waals surface area contributed by atoms with Gasteiger partial charge in [-0.25, -0.2) is 0 Å². The number of benzene rings is 2. The summed E-state index contributed by atoms with van der Waals surface area (Å²) in [7, 11) is 0. The molecule has 0 saturated heterocycles. The van der Waals surface area contributed by atoms with Crippen molar-refractivity contribution in [1.29, 1.82) is 0 Å². The first kappa shape index (κ1) is 16.8. The number of fused-ring (bicyclic) bond motifs is 1. The first-order valence-corrected chi connectivity index (χ1v) is 6.12. The zero-order chi connectivity index (χ0) is 16.0. The molecule has 0 radical (unpaired) electrons. The van der Waals surface area contributed by atoms with Crippen LogP contribution in [-0.4, -0.2) is 48.6 Å². The second-order valence-electron chi connectivity index (χ2n) is 4.65. The Morgan fingerprint density at radius 2 is 1.57 bits per heavy atom. The topological polar surface area (TPSA) is 131 Å². The zero-order valence-corrected chi connectivity index (χ0v) is 13.1. The molecule has 0 fully saturated rings. The van der Waals surface area contributed by atoms with Crippen molar-refractivity contribution in [1.82, 2.24) is 0 Å². The first-order chi connectivity index (χ1) is 10.4. The van der Waals surface area contributed by atoms with E-state index in [2.05, 4.69) is 0 Å². The summed E-state index contributed by atoms with van der Waals surface area (Å²) in [5, 5.41) is 47.6. The minimum absolute atomic E-state index is 0. The van der Waals surface area contributed by atoms with Gasteiger partial charge in [-0.1, -0.05) is 0 Å². The smallest absolute Gasteiger partial charge is 1.00 e. The molecule has 0 aliphatic carbocycles. The van der Waals surface area contributed by atoms with Crippen LogP contribution in [0.2, 0.25) is 0 Å². The molecule has 23 heavy (non-hydrogen) atoms. The van der Waals surface area contributed by atoms with Gasteiger partial charge in [0.1, 0.15) is 22.5 Å². The Kier molecular flexibility index (Phi) is 4.30. The normalized spacial score (nSPS) is 10.4. The molecule has 5 N–H and O–H groups in total.